The van der Waals surface area contributed by atoms with Gasteiger partial charge in [0, 0.05) is 5.69 Å². The molecule has 7 nitrogen and oxygen atoms in total. The summed E-state index contributed by atoms with van der Waals surface area (Å²) in [6.45, 7) is 3.81. The lowest BCUT2D eigenvalue weighted by Crippen LogP contribution is -2.14. The number of sulfonamides is 1. The molecule has 3 rings (SSSR count). The monoisotopic (exact) mass is 384 g/mol. The second kappa shape index (κ2) is 8.05. The van der Waals surface area contributed by atoms with Crippen molar-refractivity contribution in [2.45, 2.75) is 24.8 Å². The standard InChI is InChI=1S/C19H20N4O3S/c1-14(2)26-16-8-10-17(11-9-16)27(24,25)23-19-13-12-18(21-22-19)20-15-6-4-3-5-7-15/h3-14H,1-2H3,(H,20,21)(H,22,23). The number of hydrogen-bond acceptors (Lipinski definition) is 6. The Morgan fingerprint density at radius 1 is 0.852 bits per heavy atom. The molecule has 0 radical (unpaired) electrons. The van der Waals surface area contributed by atoms with Crippen LogP contribution >= 0.6 is 0 Å². The fraction of sp³-hybridized carbons (Fsp3) is 0.158. The molecule has 0 atom stereocenters. The summed E-state index contributed by atoms with van der Waals surface area (Å²) in [5.74, 6) is 1.26. The maximum Gasteiger partial charge on any atom is 0.263 e. The SMILES string of the molecule is CC(C)Oc1ccc(S(=O)(=O)Nc2ccc(Nc3ccccc3)nn2)cc1. The Balaban J connectivity index is 1.68. The van der Waals surface area contributed by atoms with Crippen molar-refractivity contribution in [3.05, 3.63) is 66.7 Å². The average molecular weight is 384 g/mol. The van der Waals surface area contributed by atoms with E-state index in [-0.39, 0.29) is 16.8 Å². The van der Waals surface area contributed by atoms with E-state index in [2.05, 4.69) is 20.2 Å². The summed E-state index contributed by atoms with van der Waals surface area (Å²) in [5, 5.41) is 11.0. The Bertz CT molecular complexity index is 974. The Morgan fingerprint density at radius 2 is 1.48 bits per heavy atom. The smallest absolute Gasteiger partial charge is 0.263 e. The Kier molecular flexibility index (Phi) is 5.56. The van der Waals surface area contributed by atoms with Gasteiger partial charge in [-0.15, -0.1) is 10.2 Å². The summed E-state index contributed by atoms with van der Waals surface area (Å²) < 4.78 is 32.9. The predicted molar refractivity (Wildman–Crippen MR) is 105 cm³/mol. The van der Waals surface area contributed by atoms with Crippen molar-refractivity contribution in [2.75, 3.05) is 10.0 Å². The average Bonchev–Trinajstić information content (AvgIpc) is 2.64. The molecule has 0 saturated heterocycles. The quantitative estimate of drug-likeness (QED) is 0.643. The third-order valence-corrected chi connectivity index (χ3v) is 4.83. The highest BCUT2D eigenvalue weighted by molar-refractivity contribution is 7.92. The summed E-state index contributed by atoms with van der Waals surface area (Å²) >= 11 is 0. The summed E-state index contributed by atoms with van der Waals surface area (Å²) in [6.07, 6.45) is 0.0175. The Morgan fingerprint density at radius 3 is 2.07 bits per heavy atom. The van der Waals surface area contributed by atoms with Gasteiger partial charge in [0.05, 0.1) is 11.0 Å². The van der Waals surface area contributed by atoms with E-state index in [9.17, 15) is 8.42 Å². The van der Waals surface area contributed by atoms with Crippen LogP contribution in [0.3, 0.4) is 0 Å². The van der Waals surface area contributed by atoms with E-state index in [0.717, 1.165) is 5.69 Å². The van der Waals surface area contributed by atoms with Crippen LogP contribution in [0.5, 0.6) is 5.75 Å². The van der Waals surface area contributed by atoms with Gasteiger partial charge in [-0.2, -0.15) is 0 Å². The zero-order chi connectivity index (χ0) is 19.3. The molecule has 0 amide bonds. The number of hydrogen-bond donors (Lipinski definition) is 2. The zero-order valence-corrected chi connectivity index (χ0v) is 15.8. The number of anilines is 3. The molecule has 0 fully saturated rings. The van der Waals surface area contributed by atoms with Crippen molar-refractivity contribution in [3.8, 4) is 5.75 Å². The topological polar surface area (TPSA) is 93.2 Å². The first kappa shape index (κ1) is 18.7. The summed E-state index contributed by atoms with van der Waals surface area (Å²) in [7, 11) is -3.76. The van der Waals surface area contributed by atoms with Crippen molar-refractivity contribution in [3.63, 3.8) is 0 Å². The third-order valence-electron chi connectivity index (χ3n) is 3.46. The van der Waals surface area contributed by atoms with E-state index in [1.807, 2.05) is 44.2 Å². The first-order valence-corrected chi connectivity index (χ1v) is 9.86. The van der Waals surface area contributed by atoms with E-state index in [0.29, 0.717) is 11.6 Å². The molecular weight excluding hydrogens is 364 g/mol. The van der Waals surface area contributed by atoms with Crippen LogP contribution in [0.15, 0.2) is 71.6 Å². The molecule has 27 heavy (non-hydrogen) atoms. The molecule has 1 aromatic heterocycles. The maximum absolute atomic E-state index is 12.5. The fourth-order valence-corrected chi connectivity index (χ4v) is 3.29. The molecular formula is C19H20N4O3S. The normalized spacial score (nSPS) is 11.2. The lowest BCUT2D eigenvalue weighted by molar-refractivity contribution is 0.242. The molecule has 8 heteroatoms. The molecule has 0 saturated carbocycles. The number of benzene rings is 2. The van der Waals surface area contributed by atoms with Crippen molar-refractivity contribution >= 4 is 27.3 Å². The molecule has 2 aromatic carbocycles. The number of nitrogens with one attached hydrogen (secondary N) is 2. The molecule has 2 N–H and O–H groups in total. The first-order valence-electron chi connectivity index (χ1n) is 8.38. The van der Waals surface area contributed by atoms with Gasteiger partial charge in [0.25, 0.3) is 10.0 Å². The van der Waals surface area contributed by atoms with E-state index >= 15 is 0 Å². The van der Waals surface area contributed by atoms with Crippen LogP contribution in [0.2, 0.25) is 0 Å². The minimum absolute atomic E-state index is 0.0175. The van der Waals surface area contributed by atoms with Gasteiger partial charge in [-0.25, -0.2) is 8.42 Å². The van der Waals surface area contributed by atoms with Crippen LogP contribution in [0.25, 0.3) is 0 Å². The largest absolute Gasteiger partial charge is 0.491 e. The van der Waals surface area contributed by atoms with Crippen LogP contribution in [-0.4, -0.2) is 24.7 Å². The first-order chi connectivity index (χ1) is 12.9. The van der Waals surface area contributed by atoms with Gasteiger partial charge in [-0.05, 0) is 62.4 Å². The maximum atomic E-state index is 12.5. The Labute approximate surface area is 158 Å². The number of rotatable bonds is 7. The van der Waals surface area contributed by atoms with E-state index in [1.54, 1.807) is 24.3 Å². The highest BCUT2D eigenvalue weighted by atomic mass is 32.2. The van der Waals surface area contributed by atoms with Crippen molar-refractivity contribution in [2.24, 2.45) is 0 Å². The summed E-state index contributed by atoms with van der Waals surface area (Å²) in [5.41, 5.74) is 0.865. The van der Waals surface area contributed by atoms with Gasteiger partial charge in [0.15, 0.2) is 11.6 Å². The van der Waals surface area contributed by atoms with Gasteiger partial charge in [-0.3, -0.25) is 4.72 Å². The van der Waals surface area contributed by atoms with Gasteiger partial charge in [0.1, 0.15) is 5.75 Å². The highest BCUT2D eigenvalue weighted by Gasteiger charge is 2.15. The van der Waals surface area contributed by atoms with E-state index in [1.165, 1.54) is 12.1 Å². The van der Waals surface area contributed by atoms with E-state index in [4.69, 9.17) is 4.74 Å². The van der Waals surface area contributed by atoms with Crippen molar-refractivity contribution in [1.29, 1.82) is 0 Å². The van der Waals surface area contributed by atoms with Crippen molar-refractivity contribution in [1.82, 2.24) is 10.2 Å². The van der Waals surface area contributed by atoms with Crippen molar-refractivity contribution < 1.29 is 13.2 Å². The molecule has 0 aliphatic rings. The van der Waals surface area contributed by atoms with Gasteiger partial charge >= 0.3 is 0 Å². The number of ether oxygens (including phenoxy) is 1. The molecule has 140 valence electrons. The molecule has 0 aliphatic carbocycles. The van der Waals surface area contributed by atoms with Crippen LogP contribution < -0.4 is 14.8 Å². The second-order valence-corrected chi connectivity index (χ2v) is 7.72. The van der Waals surface area contributed by atoms with Crippen LogP contribution in [0.1, 0.15) is 13.8 Å². The third kappa shape index (κ3) is 5.18. The molecule has 0 spiro atoms. The van der Waals surface area contributed by atoms with E-state index < -0.39 is 10.0 Å². The molecule has 0 aliphatic heterocycles. The lowest BCUT2D eigenvalue weighted by atomic mass is 10.3. The Hall–Kier alpha value is -3.13. The van der Waals surface area contributed by atoms with Crippen LogP contribution in [-0.2, 0) is 10.0 Å². The minimum Gasteiger partial charge on any atom is -0.491 e. The van der Waals surface area contributed by atoms with Gasteiger partial charge < -0.3 is 10.1 Å². The summed E-state index contributed by atoms with van der Waals surface area (Å²) in [4.78, 5) is 0.117. The molecule has 0 unspecified atom stereocenters. The van der Waals surface area contributed by atoms with Gasteiger partial charge in [-0.1, -0.05) is 18.2 Å². The van der Waals surface area contributed by atoms with Gasteiger partial charge in [0.2, 0.25) is 0 Å². The predicted octanol–water partition coefficient (Wildman–Crippen LogP) is 3.81. The lowest BCUT2D eigenvalue weighted by Gasteiger charge is -2.11. The van der Waals surface area contributed by atoms with Crippen LogP contribution in [0, 0.1) is 0 Å². The molecule has 1 heterocycles. The minimum atomic E-state index is -3.76. The second-order valence-electron chi connectivity index (χ2n) is 6.04. The zero-order valence-electron chi connectivity index (χ0n) is 15.0. The summed E-state index contributed by atoms with van der Waals surface area (Å²) in [6, 6.07) is 18.9. The number of nitrogens with zero attached hydrogens (tertiary/aromatic N) is 2. The molecule has 3 aromatic rings. The highest BCUT2D eigenvalue weighted by Crippen LogP contribution is 2.20. The number of aromatic nitrogens is 2. The molecule has 0 bridgehead atoms. The fourth-order valence-electron chi connectivity index (χ4n) is 2.29. The number of para-hydroxylation sites is 1. The van der Waals surface area contributed by atoms with Crippen LogP contribution in [0.4, 0.5) is 17.3 Å².